The number of aryl methyl sites for hydroxylation is 1. The average molecular weight is 266 g/mol. The molecule has 1 aliphatic rings. The normalized spacial score (nSPS) is 17.2. The van der Waals surface area contributed by atoms with Crippen molar-refractivity contribution in [3.8, 4) is 0 Å². The smallest absolute Gasteiger partial charge is 0.319 e. The molecule has 0 atom stereocenters. The minimum absolute atomic E-state index is 0.0669. The number of rotatable bonds is 3. The molecule has 3 N–H and O–H groups in total. The molecule has 5 heteroatoms. The van der Waals surface area contributed by atoms with Crippen molar-refractivity contribution < 1.29 is 14.3 Å². The van der Waals surface area contributed by atoms with E-state index in [0.29, 0.717) is 5.69 Å². The van der Waals surface area contributed by atoms with Gasteiger partial charge in [-0.3, -0.25) is 0 Å². The quantitative estimate of drug-likeness (QED) is 0.787. The molecule has 0 heterocycles. The van der Waals surface area contributed by atoms with Crippen LogP contribution in [0.15, 0.2) is 18.2 Å². The summed E-state index contributed by atoms with van der Waals surface area (Å²) in [6.45, 7) is 1.73. The number of anilines is 1. The average Bonchev–Trinajstić information content (AvgIpc) is 2.83. The van der Waals surface area contributed by atoms with Gasteiger partial charge in [0.05, 0.1) is 12.1 Å². The highest BCUT2D eigenvalue weighted by Gasteiger charge is 2.34. The van der Waals surface area contributed by atoms with Crippen LogP contribution in [0.5, 0.6) is 0 Å². The third-order valence-corrected chi connectivity index (χ3v) is 3.69. The first-order chi connectivity index (χ1) is 9.04. The van der Waals surface area contributed by atoms with Crippen molar-refractivity contribution in [1.29, 1.82) is 0 Å². The van der Waals surface area contributed by atoms with Crippen molar-refractivity contribution in [3.05, 3.63) is 29.6 Å². The van der Waals surface area contributed by atoms with Crippen LogP contribution >= 0.6 is 0 Å². The van der Waals surface area contributed by atoms with E-state index in [2.05, 4.69) is 10.6 Å². The molecular formula is C14H19FN2O2. The summed E-state index contributed by atoms with van der Waals surface area (Å²) in [5.74, 6) is -0.390. The van der Waals surface area contributed by atoms with Gasteiger partial charge < -0.3 is 15.7 Å². The second kappa shape index (κ2) is 5.57. The number of nitrogens with one attached hydrogen (secondary N) is 2. The van der Waals surface area contributed by atoms with Crippen molar-refractivity contribution in [3.63, 3.8) is 0 Å². The van der Waals surface area contributed by atoms with Crippen molar-refractivity contribution in [2.75, 3.05) is 11.9 Å². The minimum atomic E-state index is -0.523. The summed E-state index contributed by atoms with van der Waals surface area (Å²) >= 11 is 0. The number of hydrogen-bond acceptors (Lipinski definition) is 2. The van der Waals surface area contributed by atoms with Gasteiger partial charge in [-0.15, -0.1) is 0 Å². The first-order valence-corrected chi connectivity index (χ1v) is 6.51. The predicted molar refractivity (Wildman–Crippen MR) is 71.6 cm³/mol. The zero-order valence-corrected chi connectivity index (χ0v) is 11.0. The van der Waals surface area contributed by atoms with E-state index < -0.39 is 17.4 Å². The molecule has 0 radical (unpaired) electrons. The first kappa shape index (κ1) is 13.8. The summed E-state index contributed by atoms with van der Waals surface area (Å²) in [4.78, 5) is 11.9. The first-order valence-electron chi connectivity index (χ1n) is 6.51. The van der Waals surface area contributed by atoms with Crippen LogP contribution in [0.2, 0.25) is 0 Å². The zero-order chi connectivity index (χ0) is 13.9. The van der Waals surface area contributed by atoms with Gasteiger partial charge in [0.1, 0.15) is 5.82 Å². The van der Waals surface area contributed by atoms with E-state index in [1.807, 2.05) is 0 Å². The van der Waals surface area contributed by atoms with E-state index in [1.54, 1.807) is 13.0 Å². The molecule has 1 saturated carbocycles. The fourth-order valence-corrected chi connectivity index (χ4v) is 2.50. The number of aliphatic hydroxyl groups excluding tert-OH is 1. The highest BCUT2D eigenvalue weighted by molar-refractivity contribution is 5.90. The molecule has 2 rings (SSSR count). The van der Waals surface area contributed by atoms with E-state index in [9.17, 15) is 14.3 Å². The van der Waals surface area contributed by atoms with Gasteiger partial charge in [-0.25, -0.2) is 9.18 Å². The van der Waals surface area contributed by atoms with E-state index in [-0.39, 0.29) is 6.61 Å². The monoisotopic (exact) mass is 266 g/mol. The van der Waals surface area contributed by atoms with Crippen LogP contribution in [0.3, 0.4) is 0 Å². The lowest BCUT2D eigenvalue weighted by atomic mass is 9.99. The molecule has 19 heavy (non-hydrogen) atoms. The molecule has 1 aromatic rings. The molecule has 1 aliphatic carbocycles. The number of urea groups is 1. The van der Waals surface area contributed by atoms with Crippen LogP contribution in [0.1, 0.15) is 31.2 Å². The zero-order valence-electron chi connectivity index (χ0n) is 11.0. The third kappa shape index (κ3) is 3.23. The van der Waals surface area contributed by atoms with Crippen LogP contribution in [-0.4, -0.2) is 23.3 Å². The number of hydrogen-bond donors (Lipinski definition) is 3. The van der Waals surface area contributed by atoms with Gasteiger partial charge in [-0.1, -0.05) is 18.9 Å². The summed E-state index contributed by atoms with van der Waals surface area (Å²) < 4.78 is 13.1. The van der Waals surface area contributed by atoms with Gasteiger partial charge in [-0.05, 0) is 37.5 Å². The molecular weight excluding hydrogens is 247 g/mol. The molecule has 104 valence electrons. The molecule has 0 spiro atoms. The van der Waals surface area contributed by atoms with Gasteiger partial charge in [0.2, 0.25) is 0 Å². The Balaban J connectivity index is 2.03. The lowest BCUT2D eigenvalue weighted by Gasteiger charge is -2.28. The molecule has 1 fully saturated rings. The Labute approximate surface area is 112 Å². The Kier molecular flexibility index (Phi) is 4.04. The number of halogens is 1. The summed E-state index contributed by atoms with van der Waals surface area (Å²) in [5.41, 5.74) is 0.718. The SMILES string of the molecule is Cc1ccc(F)cc1NC(=O)NC1(CO)CCCC1. The fourth-order valence-electron chi connectivity index (χ4n) is 2.50. The second-order valence-electron chi connectivity index (χ2n) is 5.18. The van der Waals surface area contributed by atoms with Crippen molar-refractivity contribution in [2.24, 2.45) is 0 Å². The van der Waals surface area contributed by atoms with Crippen LogP contribution < -0.4 is 10.6 Å². The van der Waals surface area contributed by atoms with Gasteiger partial charge in [0.15, 0.2) is 0 Å². The number of benzene rings is 1. The Morgan fingerprint density at radius 1 is 1.42 bits per heavy atom. The number of carbonyl (C=O) groups excluding carboxylic acids is 1. The Bertz CT molecular complexity index is 471. The molecule has 0 unspecified atom stereocenters. The number of amides is 2. The van der Waals surface area contributed by atoms with Crippen LogP contribution in [0, 0.1) is 12.7 Å². The number of carbonyl (C=O) groups is 1. The highest BCUT2D eigenvalue weighted by Crippen LogP contribution is 2.29. The lowest BCUT2D eigenvalue weighted by Crippen LogP contribution is -2.50. The van der Waals surface area contributed by atoms with Crippen molar-refractivity contribution in [2.45, 2.75) is 38.1 Å². The van der Waals surface area contributed by atoms with Crippen molar-refractivity contribution in [1.82, 2.24) is 5.32 Å². The molecule has 0 saturated heterocycles. The summed E-state index contributed by atoms with van der Waals surface area (Å²) in [6.07, 6.45) is 3.55. The maximum atomic E-state index is 13.1. The van der Waals surface area contributed by atoms with Gasteiger partial charge in [-0.2, -0.15) is 0 Å². The third-order valence-electron chi connectivity index (χ3n) is 3.69. The maximum Gasteiger partial charge on any atom is 0.319 e. The molecule has 2 amide bonds. The van der Waals surface area contributed by atoms with Gasteiger partial charge in [0.25, 0.3) is 0 Å². The summed E-state index contributed by atoms with van der Waals surface area (Å²) in [5, 5.41) is 14.9. The number of aliphatic hydroxyl groups is 1. The topological polar surface area (TPSA) is 61.4 Å². The van der Waals surface area contributed by atoms with Gasteiger partial charge >= 0.3 is 6.03 Å². The van der Waals surface area contributed by atoms with E-state index in [0.717, 1.165) is 31.2 Å². The largest absolute Gasteiger partial charge is 0.394 e. The van der Waals surface area contributed by atoms with Gasteiger partial charge in [0, 0.05) is 5.69 Å². The van der Waals surface area contributed by atoms with Crippen LogP contribution in [0.25, 0.3) is 0 Å². The minimum Gasteiger partial charge on any atom is -0.394 e. The lowest BCUT2D eigenvalue weighted by molar-refractivity contribution is 0.167. The maximum absolute atomic E-state index is 13.1. The molecule has 4 nitrogen and oxygen atoms in total. The van der Waals surface area contributed by atoms with Crippen molar-refractivity contribution >= 4 is 11.7 Å². The van der Waals surface area contributed by atoms with E-state index in [1.165, 1.54) is 12.1 Å². The highest BCUT2D eigenvalue weighted by atomic mass is 19.1. The fraction of sp³-hybridized carbons (Fsp3) is 0.500. The van der Waals surface area contributed by atoms with Crippen LogP contribution in [0.4, 0.5) is 14.9 Å². The summed E-state index contributed by atoms with van der Waals surface area (Å²) in [7, 11) is 0. The molecule has 1 aromatic carbocycles. The Morgan fingerprint density at radius 2 is 2.11 bits per heavy atom. The Morgan fingerprint density at radius 3 is 2.74 bits per heavy atom. The van der Waals surface area contributed by atoms with Crippen LogP contribution in [-0.2, 0) is 0 Å². The molecule has 0 bridgehead atoms. The second-order valence-corrected chi connectivity index (χ2v) is 5.18. The molecule has 0 aliphatic heterocycles. The van der Waals surface area contributed by atoms with E-state index in [4.69, 9.17) is 0 Å². The molecule has 0 aromatic heterocycles. The standard InChI is InChI=1S/C14H19FN2O2/c1-10-4-5-11(15)8-12(10)16-13(19)17-14(9-18)6-2-3-7-14/h4-5,8,18H,2-3,6-7,9H2,1H3,(H2,16,17,19). The summed E-state index contributed by atoms with van der Waals surface area (Å²) in [6, 6.07) is 3.85. The predicted octanol–water partition coefficient (Wildman–Crippen LogP) is 2.56. The van der Waals surface area contributed by atoms with E-state index >= 15 is 0 Å². The Hall–Kier alpha value is -1.62.